The van der Waals surface area contributed by atoms with Gasteiger partial charge in [0.15, 0.2) is 6.61 Å². The van der Waals surface area contributed by atoms with Gasteiger partial charge >= 0.3 is 5.97 Å². The lowest BCUT2D eigenvalue weighted by Crippen LogP contribution is -2.18. The van der Waals surface area contributed by atoms with Gasteiger partial charge in [0.2, 0.25) is 0 Å². The maximum atomic E-state index is 11.9. The zero-order valence-corrected chi connectivity index (χ0v) is 14.1. The molecule has 0 radical (unpaired) electrons. The molecule has 0 fully saturated rings. The van der Waals surface area contributed by atoms with Crippen LogP contribution < -0.4 is 9.47 Å². The minimum absolute atomic E-state index is 0.267. The highest BCUT2D eigenvalue weighted by Crippen LogP contribution is 2.24. The summed E-state index contributed by atoms with van der Waals surface area (Å²) in [5, 5.41) is 11.0. The molecule has 3 rings (SSSR count). The molecule has 0 aliphatic heterocycles. The number of benzene rings is 3. The number of para-hydroxylation sites is 1. The quantitative estimate of drug-likeness (QED) is 0.494. The zero-order chi connectivity index (χ0) is 16.9. The highest BCUT2D eigenvalue weighted by atomic mass is 79.9. The summed E-state index contributed by atoms with van der Waals surface area (Å²) in [5.41, 5.74) is 0.376. The van der Waals surface area contributed by atoms with Crippen molar-refractivity contribution in [3.05, 3.63) is 70.7 Å². The van der Waals surface area contributed by atoms with E-state index >= 15 is 0 Å². The largest absolute Gasteiger partial charge is 0.481 e. The van der Waals surface area contributed by atoms with Crippen molar-refractivity contribution in [3.63, 3.8) is 0 Å². The van der Waals surface area contributed by atoms with Crippen LogP contribution in [-0.4, -0.2) is 12.6 Å². The molecular formula is C19H12BrNO3. The van der Waals surface area contributed by atoms with Crippen molar-refractivity contribution in [2.45, 2.75) is 0 Å². The third kappa shape index (κ3) is 3.73. The van der Waals surface area contributed by atoms with Crippen LogP contribution in [0.5, 0.6) is 11.5 Å². The van der Waals surface area contributed by atoms with Crippen molar-refractivity contribution in [1.29, 1.82) is 5.26 Å². The first kappa shape index (κ1) is 16.0. The lowest BCUT2D eigenvalue weighted by atomic mass is 10.1. The van der Waals surface area contributed by atoms with Gasteiger partial charge in [0.05, 0.1) is 5.56 Å². The van der Waals surface area contributed by atoms with Crippen molar-refractivity contribution in [2.24, 2.45) is 0 Å². The van der Waals surface area contributed by atoms with Crippen molar-refractivity contribution in [2.75, 3.05) is 6.61 Å². The first-order valence-electron chi connectivity index (χ1n) is 7.17. The topological polar surface area (TPSA) is 59.3 Å². The Balaban J connectivity index is 1.67. The summed E-state index contributed by atoms with van der Waals surface area (Å²) in [6.07, 6.45) is 0. The van der Waals surface area contributed by atoms with E-state index in [-0.39, 0.29) is 6.61 Å². The van der Waals surface area contributed by atoms with E-state index in [0.29, 0.717) is 17.1 Å². The Morgan fingerprint density at radius 1 is 1.04 bits per heavy atom. The number of carbonyl (C=O) groups excluding carboxylic acids is 1. The molecule has 0 amide bonds. The molecule has 0 atom stereocenters. The smallest absolute Gasteiger partial charge is 0.349 e. The Morgan fingerprint density at radius 3 is 2.62 bits per heavy atom. The van der Waals surface area contributed by atoms with Crippen LogP contribution in [0.4, 0.5) is 0 Å². The number of halogens is 1. The average molecular weight is 382 g/mol. The summed E-state index contributed by atoms with van der Waals surface area (Å²) in [6, 6.07) is 20.0. The fraction of sp³-hybridized carbons (Fsp3) is 0.0526. The molecule has 0 heterocycles. The summed E-state index contributed by atoms with van der Waals surface area (Å²) >= 11 is 3.42. The lowest BCUT2D eigenvalue weighted by Gasteiger charge is -2.08. The van der Waals surface area contributed by atoms with Gasteiger partial charge in [0.25, 0.3) is 0 Å². The van der Waals surface area contributed by atoms with Crippen molar-refractivity contribution < 1.29 is 14.3 Å². The monoisotopic (exact) mass is 381 g/mol. The predicted molar refractivity (Wildman–Crippen MR) is 93.9 cm³/mol. The average Bonchev–Trinajstić information content (AvgIpc) is 2.60. The summed E-state index contributed by atoms with van der Waals surface area (Å²) in [4.78, 5) is 11.9. The van der Waals surface area contributed by atoms with Crippen LogP contribution >= 0.6 is 15.9 Å². The lowest BCUT2D eigenvalue weighted by molar-refractivity contribution is -0.136. The van der Waals surface area contributed by atoms with Crippen LogP contribution in [0.25, 0.3) is 10.8 Å². The molecule has 0 bridgehead atoms. The second-order valence-electron chi connectivity index (χ2n) is 5.02. The minimum atomic E-state index is -0.529. The van der Waals surface area contributed by atoms with E-state index in [9.17, 15) is 4.79 Å². The number of hydrogen-bond donors (Lipinski definition) is 0. The van der Waals surface area contributed by atoms with Gasteiger partial charge in [0.1, 0.15) is 17.6 Å². The van der Waals surface area contributed by atoms with Gasteiger partial charge < -0.3 is 9.47 Å². The van der Waals surface area contributed by atoms with Gasteiger partial charge in [-0.25, -0.2) is 4.79 Å². The minimum Gasteiger partial charge on any atom is -0.481 e. The summed E-state index contributed by atoms with van der Waals surface area (Å²) in [7, 11) is 0. The first-order chi connectivity index (χ1) is 11.7. The van der Waals surface area contributed by atoms with Crippen LogP contribution in [0.1, 0.15) is 5.56 Å². The van der Waals surface area contributed by atoms with Gasteiger partial charge in [-0.2, -0.15) is 5.26 Å². The molecule has 0 aliphatic carbocycles. The Hall–Kier alpha value is -2.84. The number of nitrogens with zero attached hydrogens (tertiary/aromatic N) is 1. The van der Waals surface area contributed by atoms with Gasteiger partial charge in [-0.1, -0.05) is 40.2 Å². The highest BCUT2D eigenvalue weighted by molar-refractivity contribution is 9.10. The molecule has 118 valence electrons. The summed E-state index contributed by atoms with van der Waals surface area (Å²) < 4.78 is 11.6. The van der Waals surface area contributed by atoms with E-state index in [1.54, 1.807) is 36.4 Å². The summed E-state index contributed by atoms with van der Waals surface area (Å²) in [5.74, 6) is 0.284. The molecule has 3 aromatic rings. The maximum Gasteiger partial charge on any atom is 0.349 e. The van der Waals surface area contributed by atoms with E-state index in [1.807, 2.05) is 30.3 Å². The third-order valence-electron chi connectivity index (χ3n) is 3.36. The fourth-order valence-electron chi connectivity index (χ4n) is 2.24. The number of esters is 1. The van der Waals surface area contributed by atoms with Gasteiger partial charge in [0, 0.05) is 4.47 Å². The van der Waals surface area contributed by atoms with E-state index in [0.717, 1.165) is 15.2 Å². The second kappa shape index (κ2) is 7.16. The van der Waals surface area contributed by atoms with Crippen LogP contribution in [0, 0.1) is 11.3 Å². The Kier molecular flexibility index (Phi) is 4.78. The Bertz CT molecular complexity index is 947. The Morgan fingerprint density at radius 2 is 1.79 bits per heavy atom. The molecule has 0 spiro atoms. The first-order valence-corrected chi connectivity index (χ1v) is 7.97. The van der Waals surface area contributed by atoms with Crippen LogP contribution in [-0.2, 0) is 4.79 Å². The molecule has 0 aliphatic rings. The molecule has 24 heavy (non-hydrogen) atoms. The van der Waals surface area contributed by atoms with Crippen molar-refractivity contribution >= 4 is 32.7 Å². The number of rotatable bonds is 4. The van der Waals surface area contributed by atoms with Gasteiger partial charge in [-0.05, 0) is 47.2 Å². The van der Waals surface area contributed by atoms with Crippen molar-refractivity contribution in [1.82, 2.24) is 0 Å². The van der Waals surface area contributed by atoms with E-state index < -0.39 is 5.97 Å². The molecular weight excluding hydrogens is 370 g/mol. The number of fused-ring (bicyclic) bond motifs is 1. The molecule has 5 heteroatoms. The molecule has 0 aromatic heterocycles. The molecule has 4 nitrogen and oxygen atoms in total. The highest BCUT2D eigenvalue weighted by Gasteiger charge is 2.09. The number of ether oxygens (including phenoxy) is 2. The molecule has 0 N–H and O–H groups in total. The SMILES string of the molecule is N#Cc1ccccc1OCC(=O)Oc1ccc2cc(Br)ccc2c1. The number of nitriles is 1. The predicted octanol–water partition coefficient (Wildman–Crippen LogP) is 4.46. The second-order valence-corrected chi connectivity index (χ2v) is 5.94. The van der Waals surface area contributed by atoms with Crippen LogP contribution in [0.2, 0.25) is 0 Å². The van der Waals surface area contributed by atoms with E-state index in [4.69, 9.17) is 14.7 Å². The third-order valence-corrected chi connectivity index (χ3v) is 3.85. The normalized spacial score (nSPS) is 10.2. The van der Waals surface area contributed by atoms with Gasteiger partial charge in [-0.15, -0.1) is 0 Å². The molecule has 0 saturated heterocycles. The van der Waals surface area contributed by atoms with Crippen LogP contribution in [0.3, 0.4) is 0 Å². The number of hydrogen-bond acceptors (Lipinski definition) is 4. The van der Waals surface area contributed by atoms with E-state index in [2.05, 4.69) is 15.9 Å². The summed E-state index contributed by atoms with van der Waals surface area (Å²) in [6.45, 7) is -0.267. The van der Waals surface area contributed by atoms with Crippen LogP contribution in [0.15, 0.2) is 65.1 Å². The maximum absolute atomic E-state index is 11.9. The zero-order valence-electron chi connectivity index (χ0n) is 12.5. The molecule has 0 unspecified atom stereocenters. The van der Waals surface area contributed by atoms with E-state index in [1.165, 1.54) is 0 Å². The standard InChI is InChI=1S/C19H12BrNO3/c20-16-7-5-14-10-17(8-6-13(14)9-16)24-19(22)12-23-18-4-2-1-3-15(18)11-21/h1-10H,12H2. The Labute approximate surface area is 147 Å². The van der Waals surface area contributed by atoms with Gasteiger partial charge in [-0.3, -0.25) is 0 Å². The van der Waals surface area contributed by atoms with Crippen molar-refractivity contribution in [3.8, 4) is 17.6 Å². The number of carbonyl (C=O) groups is 1. The molecule has 3 aromatic carbocycles. The fourth-order valence-corrected chi connectivity index (χ4v) is 2.62. The molecule has 0 saturated carbocycles.